The van der Waals surface area contributed by atoms with Gasteiger partial charge in [0, 0.05) is 23.6 Å². The second kappa shape index (κ2) is 7.00. The van der Waals surface area contributed by atoms with E-state index in [4.69, 9.17) is 0 Å². The Labute approximate surface area is 144 Å². The monoisotopic (exact) mass is 366 g/mol. The molecule has 6 nitrogen and oxygen atoms in total. The summed E-state index contributed by atoms with van der Waals surface area (Å²) in [5, 5.41) is 12.9. The van der Waals surface area contributed by atoms with Crippen LogP contribution in [0.4, 0.5) is 5.69 Å². The highest BCUT2D eigenvalue weighted by molar-refractivity contribution is 7.89. The lowest BCUT2D eigenvalue weighted by Crippen LogP contribution is -2.34. The van der Waals surface area contributed by atoms with E-state index >= 15 is 0 Å². The fourth-order valence-electron chi connectivity index (χ4n) is 3.03. The first-order valence-corrected chi connectivity index (χ1v) is 10.1. The minimum Gasteiger partial charge on any atom is -0.258 e. The maximum Gasteiger partial charge on any atom is 0.270 e. The quantitative estimate of drug-likeness (QED) is 0.606. The molecule has 0 N–H and O–H groups in total. The molecule has 128 valence electrons. The largest absolute Gasteiger partial charge is 0.270 e. The van der Waals surface area contributed by atoms with Crippen molar-refractivity contribution in [2.75, 3.05) is 6.54 Å². The Morgan fingerprint density at radius 3 is 2.71 bits per heavy atom. The molecule has 0 spiro atoms. The van der Waals surface area contributed by atoms with Crippen LogP contribution in [0.2, 0.25) is 0 Å². The fourth-order valence-corrected chi connectivity index (χ4v) is 5.68. The summed E-state index contributed by atoms with van der Waals surface area (Å²) in [6, 6.07) is 8.97. The van der Waals surface area contributed by atoms with Gasteiger partial charge in [-0.25, -0.2) is 8.42 Å². The topological polar surface area (TPSA) is 80.5 Å². The average molecular weight is 366 g/mol. The van der Waals surface area contributed by atoms with E-state index in [9.17, 15) is 18.5 Å². The third kappa shape index (κ3) is 3.35. The van der Waals surface area contributed by atoms with Crippen LogP contribution in [-0.4, -0.2) is 24.2 Å². The molecular formula is C16H18N2O4S2. The van der Waals surface area contributed by atoms with E-state index in [1.807, 2.05) is 17.5 Å². The van der Waals surface area contributed by atoms with Gasteiger partial charge in [0.05, 0.1) is 15.9 Å². The second-order valence-electron chi connectivity index (χ2n) is 5.75. The van der Waals surface area contributed by atoms with Crippen LogP contribution in [-0.2, 0) is 10.0 Å². The van der Waals surface area contributed by atoms with Gasteiger partial charge in [-0.3, -0.25) is 10.1 Å². The minimum atomic E-state index is -3.78. The molecule has 8 heteroatoms. The molecule has 1 aliphatic rings. The Morgan fingerprint density at radius 1 is 1.17 bits per heavy atom. The number of non-ortho nitro benzene ring substituents is 1. The standard InChI is InChI=1S/C16H18N2O4S2/c19-18(20)13-6-4-7-14(12-13)24(21,22)17-10-3-1-2-8-15(17)16-9-5-11-23-16/h4-7,9,11-12,15H,1-3,8,10H2. The molecule has 1 aliphatic heterocycles. The molecule has 0 amide bonds. The van der Waals surface area contributed by atoms with Crippen LogP contribution in [0, 0.1) is 10.1 Å². The first-order chi connectivity index (χ1) is 11.5. The molecule has 3 rings (SSSR count). The number of sulfonamides is 1. The maximum atomic E-state index is 13.1. The van der Waals surface area contributed by atoms with Gasteiger partial charge in [-0.1, -0.05) is 25.0 Å². The summed E-state index contributed by atoms with van der Waals surface area (Å²) in [5.41, 5.74) is -0.210. The zero-order valence-electron chi connectivity index (χ0n) is 13.0. The molecule has 1 saturated heterocycles. The van der Waals surface area contributed by atoms with Gasteiger partial charge < -0.3 is 0 Å². The molecule has 1 fully saturated rings. The van der Waals surface area contributed by atoms with Crippen LogP contribution >= 0.6 is 11.3 Å². The lowest BCUT2D eigenvalue weighted by atomic mass is 10.1. The van der Waals surface area contributed by atoms with Gasteiger partial charge in [-0.2, -0.15) is 4.31 Å². The van der Waals surface area contributed by atoms with Crippen LogP contribution in [0.3, 0.4) is 0 Å². The van der Waals surface area contributed by atoms with Gasteiger partial charge in [0.25, 0.3) is 5.69 Å². The van der Waals surface area contributed by atoms with Crippen molar-refractivity contribution < 1.29 is 13.3 Å². The van der Waals surface area contributed by atoms with E-state index < -0.39 is 14.9 Å². The predicted octanol–water partition coefficient (Wildman–Crippen LogP) is 3.96. The van der Waals surface area contributed by atoms with Crippen molar-refractivity contribution in [2.45, 2.75) is 36.6 Å². The van der Waals surface area contributed by atoms with E-state index in [1.165, 1.54) is 22.5 Å². The molecule has 2 heterocycles. The van der Waals surface area contributed by atoms with Crippen molar-refractivity contribution in [1.82, 2.24) is 4.31 Å². The maximum absolute atomic E-state index is 13.1. The van der Waals surface area contributed by atoms with Crippen molar-refractivity contribution in [2.24, 2.45) is 0 Å². The highest BCUT2D eigenvalue weighted by Gasteiger charge is 2.34. The number of nitro groups is 1. The zero-order valence-corrected chi connectivity index (χ0v) is 14.6. The summed E-state index contributed by atoms with van der Waals surface area (Å²) in [4.78, 5) is 11.4. The molecule has 1 unspecified atom stereocenters. The van der Waals surface area contributed by atoms with Crippen LogP contribution < -0.4 is 0 Å². The summed E-state index contributed by atoms with van der Waals surface area (Å²) < 4.78 is 27.8. The van der Waals surface area contributed by atoms with E-state index in [0.717, 1.165) is 36.6 Å². The van der Waals surface area contributed by atoms with E-state index in [1.54, 1.807) is 11.3 Å². The normalized spacial score (nSPS) is 19.8. The molecule has 2 aromatic rings. The highest BCUT2D eigenvalue weighted by atomic mass is 32.2. The Bertz CT molecular complexity index is 818. The summed E-state index contributed by atoms with van der Waals surface area (Å²) >= 11 is 1.55. The summed E-state index contributed by atoms with van der Waals surface area (Å²) in [6.07, 6.45) is 3.54. The third-order valence-corrected chi connectivity index (χ3v) is 7.09. The smallest absolute Gasteiger partial charge is 0.258 e. The van der Waals surface area contributed by atoms with Crippen LogP contribution in [0.15, 0.2) is 46.7 Å². The Balaban J connectivity index is 2.02. The number of nitro benzene ring substituents is 1. The zero-order chi connectivity index (χ0) is 17.2. The number of hydrogen-bond acceptors (Lipinski definition) is 5. The van der Waals surface area contributed by atoms with E-state index in [2.05, 4.69) is 0 Å². The van der Waals surface area contributed by atoms with Crippen LogP contribution in [0.5, 0.6) is 0 Å². The highest BCUT2D eigenvalue weighted by Crippen LogP contribution is 2.37. The number of thiophene rings is 1. The lowest BCUT2D eigenvalue weighted by Gasteiger charge is -2.28. The first kappa shape index (κ1) is 17.1. The molecule has 1 aromatic carbocycles. The minimum absolute atomic E-state index is 0.0137. The van der Waals surface area contributed by atoms with Crippen molar-refractivity contribution in [3.8, 4) is 0 Å². The van der Waals surface area contributed by atoms with Gasteiger partial charge in [0.1, 0.15) is 0 Å². The Morgan fingerprint density at radius 2 is 2.00 bits per heavy atom. The summed E-state index contributed by atoms with van der Waals surface area (Å²) in [5.74, 6) is 0. The number of rotatable bonds is 4. The lowest BCUT2D eigenvalue weighted by molar-refractivity contribution is -0.385. The van der Waals surface area contributed by atoms with Gasteiger partial charge >= 0.3 is 0 Å². The van der Waals surface area contributed by atoms with Crippen molar-refractivity contribution in [3.05, 3.63) is 56.8 Å². The second-order valence-corrected chi connectivity index (χ2v) is 8.62. The Hall–Kier alpha value is -1.77. The van der Waals surface area contributed by atoms with Crippen LogP contribution in [0.25, 0.3) is 0 Å². The van der Waals surface area contributed by atoms with Gasteiger partial charge in [-0.15, -0.1) is 11.3 Å². The molecule has 0 saturated carbocycles. The molecule has 24 heavy (non-hydrogen) atoms. The molecule has 0 bridgehead atoms. The number of hydrogen-bond donors (Lipinski definition) is 0. The van der Waals surface area contributed by atoms with Crippen LogP contribution in [0.1, 0.15) is 36.6 Å². The Kier molecular flexibility index (Phi) is 4.98. The molecule has 0 aliphatic carbocycles. The fraction of sp³-hybridized carbons (Fsp3) is 0.375. The molecule has 1 atom stereocenters. The van der Waals surface area contributed by atoms with Gasteiger partial charge in [0.15, 0.2) is 0 Å². The predicted molar refractivity (Wildman–Crippen MR) is 92.5 cm³/mol. The summed E-state index contributed by atoms with van der Waals surface area (Å²) in [6.45, 7) is 0.438. The SMILES string of the molecule is O=[N+]([O-])c1cccc(S(=O)(=O)N2CCCCCC2c2cccs2)c1. The van der Waals surface area contributed by atoms with E-state index in [-0.39, 0.29) is 16.6 Å². The van der Waals surface area contributed by atoms with Gasteiger partial charge in [0.2, 0.25) is 10.0 Å². The van der Waals surface area contributed by atoms with E-state index in [0.29, 0.717) is 6.54 Å². The van der Waals surface area contributed by atoms with Crippen molar-refractivity contribution in [3.63, 3.8) is 0 Å². The molecule has 1 aromatic heterocycles. The molecular weight excluding hydrogens is 348 g/mol. The van der Waals surface area contributed by atoms with Crippen molar-refractivity contribution in [1.29, 1.82) is 0 Å². The first-order valence-electron chi connectivity index (χ1n) is 7.80. The number of nitrogens with zero attached hydrogens (tertiary/aromatic N) is 2. The number of benzene rings is 1. The van der Waals surface area contributed by atoms with Gasteiger partial charge in [-0.05, 0) is 30.4 Å². The van der Waals surface area contributed by atoms with Crippen molar-refractivity contribution >= 4 is 27.0 Å². The molecule has 0 radical (unpaired) electrons. The summed E-state index contributed by atoms with van der Waals surface area (Å²) in [7, 11) is -3.78. The average Bonchev–Trinajstić information content (AvgIpc) is 2.98. The third-order valence-electron chi connectivity index (χ3n) is 4.21.